The highest BCUT2D eigenvalue weighted by Crippen LogP contribution is 2.19. The van der Waals surface area contributed by atoms with Gasteiger partial charge in [0.15, 0.2) is 0 Å². The summed E-state index contributed by atoms with van der Waals surface area (Å²) >= 11 is 0. The van der Waals surface area contributed by atoms with Crippen LogP contribution in [0.5, 0.6) is 5.75 Å². The number of hydrogen-bond acceptors (Lipinski definition) is 3. The Kier molecular flexibility index (Phi) is 7.54. The zero-order valence-electron chi connectivity index (χ0n) is 12.7. The lowest BCUT2D eigenvalue weighted by atomic mass is 9.94. The van der Waals surface area contributed by atoms with Crippen molar-refractivity contribution >= 4 is 24.0 Å². The van der Waals surface area contributed by atoms with E-state index in [1.807, 2.05) is 38.1 Å². The van der Waals surface area contributed by atoms with Crippen LogP contribution in [0.25, 0.3) is 0 Å². The Balaban J connectivity index is 0.00000220. The SMILES string of the molecule is CC(C)Oc1ccc(NC(=O)CC2CCNCC2)cc1.Cl. The van der Waals surface area contributed by atoms with E-state index in [1.54, 1.807) is 0 Å². The standard InChI is InChI=1S/C16H24N2O2.ClH/c1-12(2)20-15-5-3-14(4-6-15)18-16(19)11-13-7-9-17-10-8-13;/h3-6,12-13,17H,7-11H2,1-2H3,(H,18,19);1H. The van der Waals surface area contributed by atoms with E-state index in [-0.39, 0.29) is 24.4 Å². The van der Waals surface area contributed by atoms with Crippen LogP contribution in [0, 0.1) is 5.92 Å². The van der Waals surface area contributed by atoms with Gasteiger partial charge in [0, 0.05) is 12.1 Å². The van der Waals surface area contributed by atoms with E-state index in [0.717, 1.165) is 37.4 Å². The van der Waals surface area contributed by atoms with Crippen molar-refractivity contribution in [3.8, 4) is 5.75 Å². The molecule has 1 aromatic carbocycles. The van der Waals surface area contributed by atoms with Gasteiger partial charge in [0.05, 0.1) is 6.10 Å². The summed E-state index contributed by atoms with van der Waals surface area (Å²) in [4.78, 5) is 12.0. The van der Waals surface area contributed by atoms with Gasteiger partial charge >= 0.3 is 0 Å². The Morgan fingerprint density at radius 3 is 2.48 bits per heavy atom. The summed E-state index contributed by atoms with van der Waals surface area (Å²) in [6.45, 7) is 6.04. The zero-order chi connectivity index (χ0) is 14.4. The number of piperidine rings is 1. The molecule has 0 unspecified atom stereocenters. The lowest BCUT2D eigenvalue weighted by molar-refractivity contribution is -0.117. The fourth-order valence-electron chi connectivity index (χ4n) is 2.45. The van der Waals surface area contributed by atoms with Crippen LogP contribution in [0.1, 0.15) is 33.1 Å². The van der Waals surface area contributed by atoms with Crippen LogP contribution in [0.3, 0.4) is 0 Å². The van der Waals surface area contributed by atoms with Gasteiger partial charge < -0.3 is 15.4 Å². The number of benzene rings is 1. The van der Waals surface area contributed by atoms with Crippen molar-refractivity contribution in [3.63, 3.8) is 0 Å². The van der Waals surface area contributed by atoms with E-state index in [9.17, 15) is 4.79 Å². The first kappa shape index (κ1) is 17.8. The normalized spacial score (nSPS) is 15.4. The first-order chi connectivity index (χ1) is 9.63. The Labute approximate surface area is 133 Å². The third kappa shape index (κ3) is 6.36. The molecule has 1 aliphatic heterocycles. The maximum absolute atomic E-state index is 12.0. The molecule has 0 radical (unpaired) electrons. The topological polar surface area (TPSA) is 50.4 Å². The summed E-state index contributed by atoms with van der Waals surface area (Å²) in [5, 5.41) is 6.27. The van der Waals surface area contributed by atoms with Gasteiger partial charge in [-0.05, 0) is 70.0 Å². The lowest BCUT2D eigenvalue weighted by Gasteiger charge is -2.21. The van der Waals surface area contributed by atoms with Crippen LogP contribution in [-0.2, 0) is 4.79 Å². The first-order valence-corrected chi connectivity index (χ1v) is 7.41. The predicted octanol–water partition coefficient (Wildman–Crippen LogP) is 3.22. The number of rotatable bonds is 5. The maximum Gasteiger partial charge on any atom is 0.224 e. The van der Waals surface area contributed by atoms with Gasteiger partial charge in [-0.1, -0.05) is 0 Å². The number of anilines is 1. The molecule has 21 heavy (non-hydrogen) atoms. The van der Waals surface area contributed by atoms with Crippen LogP contribution >= 0.6 is 12.4 Å². The number of hydrogen-bond donors (Lipinski definition) is 2. The number of carbonyl (C=O) groups is 1. The Bertz CT molecular complexity index is 428. The molecule has 0 spiro atoms. The number of nitrogens with one attached hydrogen (secondary N) is 2. The van der Waals surface area contributed by atoms with Crippen molar-refractivity contribution in [2.45, 2.75) is 39.2 Å². The molecule has 1 aliphatic rings. The summed E-state index contributed by atoms with van der Waals surface area (Å²) < 4.78 is 5.58. The van der Waals surface area contributed by atoms with Crippen molar-refractivity contribution < 1.29 is 9.53 Å². The van der Waals surface area contributed by atoms with Gasteiger partial charge in [-0.25, -0.2) is 0 Å². The summed E-state index contributed by atoms with van der Waals surface area (Å²) in [6.07, 6.45) is 2.96. The first-order valence-electron chi connectivity index (χ1n) is 7.41. The molecule has 118 valence electrons. The molecule has 2 rings (SSSR count). The highest BCUT2D eigenvalue weighted by Gasteiger charge is 2.16. The minimum absolute atomic E-state index is 0. The van der Waals surface area contributed by atoms with Gasteiger partial charge in [-0.15, -0.1) is 12.4 Å². The average Bonchev–Trinajstić information content (AvgIpc) is 2.41. The monoisotopic (exact) mass is 312 g/mol. The average molecular weight is 313 g/mol. The van der Waals surface area contributed by atoms with Crippen molar-refractivity contribution in [1.82, 2.24) is 5.32 Å². The van der Waals surface area contributed by atoms with Crippen molar-refractivity contribution in [1.29, 1.82) is 0 Å². The van der Waals surface area contributed by atoms with Crippen molar-refractivity contribution in [2.24, 2.45) is 5.92 Å². The molecule has 1 amide bonds. The molecule has 1 saturated heterocycles. The van der Waals surface area contributed by atoms with Crippen LogP contribution < -0.4 is 15.4 Å². The molecule has 0 saturated carbocycles. The van der Waals surface area contributed by atoms with E-state index in [2.05, 4.69) is 10.6 Å². The van der Waals surface area contributed by atoms with Crippen LogP contribution in [0.2, 0.25) is 0 Å². The van der Waals surface area contributed by atoms with Crippen molar-refractivity contribution in [3.05, 3.63) is 24.3 Å². The zero-order valence-corrected chi connectivity index (χ0v) is 13.5. The molecular formula is C16H25ClN2O2. The molecular weight excluding hydrogens is 288 g/mol. The number of halogens is 1. The fraction of sp³-hybridized carbons (Fsp3) is 0.562. The Morgan fingerprint density at radius 2 is 1.90 bits per heavy atom. The van der Waals surface area contributed by atoms with Crippen LogP contribution in [0.4, 0.5) is 5.69 Å². The number of ether oxygens (including phenoxy) is 1. The van der Waals surface area contributed by atoms with E-state index in [1.165, 1.54) is 0 Å². The Hall–Kier alpha value is -1.26. The lowest BCUT2D eigenvalue weighted by Crippen LogP contribution is -2.30. The largest absolute Gasteiger partial charge is 0.491 e. The van der Waals surface area contributed by atoms with Gasteiger partial charge in [0.25, 0.3) is 0 Å². The molecule has 1 fully saturated rings. The Morgan fingerprint density at radius 1 is 1.29 bits per heavy atom. The number of amides is 1. The minimum atomic E-state index is 0. The van der Waals surface area contributed by atoms with Crippen molar-refractivity contribution in [2.75, 3.05) is 18.4 Å². The summed E-state index contributed by atoms with van der Waals surface area (Å²) in [5.74, 6) is 1.45. The van der Waals surface area contributed by atoms with Crippen LogP contribution in [0.15, 0.2) is 24.3 Å². The molecule has 2 N–H and O–H groups in total. The van der Waals surface area contributed by atoms with Gasteiger partial charge in [-0.3, -0.25) is 4.79 Å². The molecule has 0 aromatic heterocycles. The maximum atomic E-state index is 12.0. The molecule has 0 atom stereocenters. The van der Waals surface area contributed by atoms with E-state index < -0.39 is 0 Å². The molecule has 4 nitrogen and oxygen atoms in total. The molecule has 1 heterocycles. The van der Waals surface area contributed by atoms with E-state index in [0.29, 0.717) is 12.3 Å². The van der Waals surface area contributed by atoms with Gasteiger partial charge in [-0.2, -0.15) is 0 Å². The molecule has 5 heteroatoms. The quantitative estimate of drug-likeness (QED) is 0.877. The minimum Gasteiger partial charge on any atom is -0.491 e. The van der Waals surface area contributed by atoms with Gasteiger partial charge in [0.1, 0.15) is 5.75 Å². The smallest absolute Gasteiger partial charge is 0.224 e. The third-order valence-electron chi connectivity index (χ3n) is 3.44. The second-order valence-electron chi connectivity index (χ2n) is 5.64. The highest BCUT2D eigenvalue weighted by atomic mass is 35.5. The summed E-state index contributed by atoms with van der Waals surface area (Å²) in [6, 6.07) is 7.55. The second-order valence-corrected chi connectivity index (χ2v) is 5.64. The van der Waals surface area contributed by atoms with E-state index in [4.69, 9.17) is 4.74 Å². The third-order valence-corrected chi connectivity index (χ3v) is 3.44. The number of carbonyl (C=O) groups excluding carboxylic acids is 1. The molecule has 0 aliphatic carbocycles. The van der Waals surface area contributed by atoms with E-state index >= 15 is 0 Å². The molecule has 1 aromatic rings. The predicted molar refractivity (Wildman–Crippen MR) is 88.3 cm³/mol. The second kappa shape index (κ2) is 8.90. The summed E-state index contributed by atoms with van der Waals surface area (Å²) in [7, 11) is 0. The van der Waals surface area contributed by atoms with Gasteiger partial charge in [0.2, 0.25) is 5.91 Å². The summed E-state index contributed by atoms with van der Waals surface area (Å²) in [5.41, 5.74) is 0.833. The van der Waals surface area contributed by atoms with Crippen LogP contribution in [-0.4, -0.2) is 25.1 Å². The fourth-order valence-corrected chi connectivity index (χ4v) is 2.45. The highest BCUT2D eigenvalue weighted by molar-refractivity contribution is 5.90. The molecule has 0 bridgehead atoms.